The molecule has 90 valence electrons. The average molecular weight is 226 g/mol. The van der Waals surface area contributed by atoms with Crippen molar-refractivity contribution < 1.29 is 9.53 Å². The summed E-state index contributed by atoms with van der Waals surface area (Å²) in [5.74, 6) is 0.666. The monoisotopic (exact) mass is 226 g/mol. The summed E-state index contributed by atoms with van der Waals surface area (Å²) in [6.45, 7) is 4.23. The minimum atomic E-state index is -0.257. The van der Waals surface area contributed by atoms with Gasteiger partial charge in [-0.1, -0.05) is 0 Å². The number of aromatic nitrogens is 2. The topological polar surface area (TPSA) is 68.2 Å². The van der Waals surface area contributed by atoms with Gasteiger partial charge in [0.25, 0.3) is 0 Å². The van der Waals surface area contributed by atoms with Crippen LogP contribution in [0.2, 0.25) is 0 Å². The Kier molecular flexibility index (Phi) is 4.30. The summed E-state index contributed by atoms with van der Waals surface area (Å²) in [6, 6.07) is 1.52. The number of anilines is 1. The molecule has 0 aliphatic carbocycles. The lowest BCUT2D eigenvalue weighted by molar-refractivity contribution is 0.173. The first-order valence-corrected chi connectivity index (χ1v) is 5.10. The van der Waals surface area contributed by atoms with Gasteiger partial charge in [0, 0.05) is 20.2 Å². The van der Waals surface area contributed by atoms with Crippen LogP contribution in [-0.4, -0.2) is 35.6 Å². The maximum Gasteiger partial charge on any atom is 0.320 e. The molecular formula is C10H18N4O2. The summed E-state index contributed by atoms with van der Waals surface area (Å²) >= 11 is 0. The molecule has 0 saturated carbocycles. The van der Waals surface area contributed by atoms with Crippen molar-refractivity contribution in [2.45, 2.75) is 19.9 Å². The van der Waals surface area contributed by atoms with Gasteiger partial charge in [0.2, 0.25) is 0 Å². The van der Waals surface area contributed by atoms with Crippen LogP contribution in [0.15, 0.2) is 6.07 Å². The molecule has 1 aromatic heterocycles. The van der Waals surface area contributed by atoms with Crippen molar-refractivity contribution in [3.05, 3.63) is 11.8 Å². The third kappa shape index (κ3) is 3.54. The fourth-order valence-corrected chi connectivity index (χ4v) is 1.40. The van der Waals surface area contributed by atoms with Gasteiger partial charge in [-0.2, -0.15) is 5.10 Å². The van der Waals surface area contributed by atoms with Crippen LogP contribution >= 0.6 is 0 Å². The van der Waals surface area contributed by atoms with Crippen LogP contribution in [0, 0.1) is 6.92 Å². The SMILES string of the molecule is COCC(C)NC(=O)Nc1cc(C)nn1C. The van der Waals surface area contributed by atoms with Gasteiger partial charge >= 0.3 is 6.03 Å². The number of amides is 2. The molecule has 1 heterocycles. The minimum Gasteiger partial charge on any atom is -0.383 e. The first kappa shape index (κ1) is 12.5. The fraction of sp³-hybridized carbons (Fsp3) is 0.600. The maximum atomic E-state index is 11.5. The zero-order valence-electron chi connectivity index (χ0n) is 10.1. The highest BCUT2D eigenvalue weighted by molar-refractivity contribution is 5.88. The molecule has 1 rings (SSSR count). The second-order valence-electron chi connectivity index (χ2n) is 3.75. The second kappa shape index (κ2) is 5.50. The number of rotatable bonds is 4. The van der Waals surface area contributed by atoms with E-state index < -0.39 is 0 Å². The molecule has 0 bridgehead atoms. The number of hydrogen-bond donors (Lipinski definition) is 2. The summed E-state index contributed by atoms with van der Waals surface area (Å²) in [6.07, 6.45) is 0. The van der Waals surface area contributed by atoms with Crippen LogP contribution < -0.4 is 10.6 Å². The van der Waals surface area contributed by atoms with Gasteiger partial charge in [-0.25, -0.2) is 4.79 Å². The smallest absolute Gasteiger partial charge is 0.320 e. The molecule has 0 aliphatic heterocycles. The Morgan fingerprint density at radius 2 is 2.38 bits per heavy atom. The van der Waals surface area contributed by atoms with Crippen molar-refractivity contribution in [1.29, 1.82) is 0 Å². The van der Waals surface area contributed by atoms with E-state index in [0.29, 0.717) is 12.4 Å². The van der Waals surface area contributed by atoms with E-state index in [4.69, 9.17) is 4.74 Å². The number of carbonyl (C=O) groups excluding carboxylic acids is 1. The largest absolute Gasteiger partial charge is 0.383 e. The number of ether oxygens (including phenoxy) is 1. The molecule has 0 aliphatic rings. The molecule has 1 unspecified atom stereocenters. The van der Waals surface area contributed by atoms with Crippen molar-refractivity contribution in [1.82, 2.24) is 15.1 Å². The van der Waals surface area contributed by atoms with Gasteiger partial charge in [0.15, 0.2) is 0 Å². The molecule has 0 radical (unpaired) electrons. The van der Waals surface area contributed by atoms with E-state index in [1.807, 2.05) is 13.8 Å². The van der Waals surface area contributed by atoms with E-state index in [0.717, 1.165) is 5.69 Å². The molecule has 1 aromatic rings. The predicted octanol–water partition coefficient (Wildman–Crippen LogP) is 0.885. The standard InChI is InChI=1S/C10H18N4O2/c1-7-5-9(14(3)13-7)12-10(15)11-8(2)6-16-4/h5,8H,6H2,1-4H3,(H2,11,12,15). The highest BCUT2D eigenvalue weighted by Crippen LogP contribution is 2.07. The molecule has 0 spiro atoms. The third-order valence-electron chi connectivity index (χ3n) is 2.04. The normalized spacial score (nSPS) is 12.2. The number of aryl methyl sites for hydroxylation is 2. The third-order valence-corrected chi connectivity index (χ3v) is 2.04. The number of hydrogen-bond acceptors (Lipinski definition) is 3. The van der Waals surface area contributed by atoms with Crippen LogP contribution in [0.5, 0.6) is 0 Å². The lowest BCUT2D eigenvalue weighted by Gasteiger charge is -2.13. The zero-order chi connectivity index (χ0) is 12.1. The predicted molar refractivity (Wildman–Crippen MR) is 61.4 cm³/mol. The van der Waals surface area contributed by atoms with Crippen LogP contribution in [0.4, 0.5) is 10.6 Å². The summed E-state index contributed by atoms with van der Waals surface area (Å²) in [5, 5.41) is 9.59. The fourth-order valence-electron chi connectivity index (χ4n) is 1.40. The first-order chi connectivity index (χ1) is 7.52. The number of urea groups is 1. The van der Waals surface area contributed by atoms with Crippen molar-refractivity contribution in [3.8, 4) is 0 Å². The van der Waals surface area contributed by atoms with E-state index in [2.05, 4.69) is 15.7 Å². The summed E-state index contributed by atoms with van der Waals surface area (Å²) in [7, 11) is 3.38. The van der Waals surface area contributed by atoms with Crippen molar-refractivity contribution in [2.24, 2.45) is 7.05 Å². The lowest BCUT2D eigenvalue weighted by atomic mass is 10.4. The molecule has 2 amide bonds. The minimum absolute atomic E-state index is 0.0284. The highest BCUT2D eigenvalue weighted by Gasteiger charge is 2.09. The summed E-state index contributed by atoms with van der Waals surface area (Å²) in [4.78, 5) is 11.5. The summed E-state index contributed by atoms with van der Waals surface area (Å²) < 4.78 is 6.54. The Morgan fingerprint density at radius 1 is 1.69 bits per heavy atom. The molecule has 0 fully saturated rings. The van der Waals surface area contributed by atoms with Gasteiger partial charge < -0.3 is 10.1 Å². The summed E-state index contributed by atoms with van der Waals surface area (Å²) in [5.41, 5.74) is 0.864. The Balaban J connectivity index is 2.48. The molecule has 0 saturated heterocycles. The van der Waals surface area contributed by atoms with Crippen molar-refractivity contribution in [3.63, 3.8) is 0 Å². The highest BCUT2D eigenvalue weighted by atomic mass is 16.5. The molecule has 6 nitrogen and oxygen atoms in total. The Morgan fingerprint density at radius 3 is 2.88 bits per heavy atom. The molecule has 1 atom stereocenters. The lowest BCUT2D eigenvalue weighted by Crippen LogP contribution is -2.38. The van der Waals surface area contributed by atoms with Crippen LogP contribution in [0.25, 0.3) is 0 Å². The molecule has 6 heteroatoms. The number of nitrogens with one attached hydrogen (secondary N) is 2. The maximum absolute atomic E-state index is 11.5. The van der Waals surface area contributed by atoms with E-state index in [-0.39, 0.29) is 12.1 Å². The average Bonchev–Trinajstić information content (AvgIpc) is 2.44. The van der Waals surface area contributed by atoms with Gasteiger partial charge in [-0.15, -0.1) is 0 Å². The molecule has 0 aromatic carbocycles. The molecule has 2 N–H and O–H groups in total. The van der Waals surface area contributed by atoms with E-state index in [9.17, 15) is 4.79 Å². The van der Waals surface area contributed by atoms with E-state index in [1.54, 1.807) is 24.9 Å². The molecule has 16 heavy (non-hydrogen) atoms. The van der Waals surface area contributed by atoms with Crippen LogP contribution in [-0.2, 0) is 11.8 Å². The van der Waals surface area contributed by atoms with Gasteiger partial charge in [0.1, 0.15) is 5.82 Å². The molecular weight excluding hydrogens is 208 g/mol. The zero-order valence-corrected chi connectivity index (χ0v) is 10.1. The Hall–Kier alpha value is -1.56. The Bertz CT molecular complexity index is 362. The first-order valence-electron chi connectivity index (χ1n) is 5.10. The Labute approximate surface area is 95.0 Å². The van der Waals surface area contributed by atoms with Crippen molar-refractivity contribution in [2.75, 3.05) is 19.0 Å². The van der Waals surface area contributed by atoms with Crippen molar-refractivity contribution >= 4 is 11.8 Å². The quantitative estimate of drug-likeness (QED) is 0.801. The van der Waals surface area contributed by atoms with Gasteiger partial charge in [-0.05, 0) is 13.8 Å². The number of nitrogens with zero attached hydrogens (tertiary/aromatic N) is 2. The van der Waals surface area contributed by atoms with E-state index >= 15 is 0 Å². The number of carbonyl (C=O) groups is 1. The van der Waals surface area contributed by atoms with E-state index in [1.165, 1.54) is 0 Å². The van der Waals surface area contributed by atoms with Gasteiger partial charge in [0.05, 0.1) is 18.3 Å². The second-order valence-corrected chi connectivity index (χ2v) is 3.75. The van der Waals surface area contributed by atoms with Crippen LogP contribution in [0.3, 0.4) is 0 Å². The van der Waals surface area contributed by atoms with Gasteiger partial charge in [-0.3, -0.25) is 10.00 Å². The number of methoxy groups -OCH3 is 1. The van der Waals surface area contributed by atoms with Crippen LogP contribution in [0.1, 0.15) is 12.6 Å².